The number of sulfonamides is 1. The molecule has 15 heavy (non-hydrogen) atoms. The number of hydrogen-bond acceptors (Lipinski definition) is 3. The lowest BCUT2D eigenvalue weighted by Crippen LogP contribution is -2.41. The van der Waals surface area contributed by atoms with Crippen molar-refractivity contribution in [2.75, 3.05) is 5.75 Å². The predicted octanol–water partition coefficient (Wildman–Crippen LogP) is 1.01. The summed E-state index contributed by atoms with van der Waals surface area (Å²) in [5.74, 6) is 0.232. The molecule has 0 unspecified atom stereocenters. The molecule has 0 atom stereocenters. The molecule has 0 radical (unpaired) electrons. The molecule has 0 bridgehead atoms. The summed E-state index contributed by atoms with van der Waals surface area (Å²) < 4.78 is 25.6. The highest BCUT2D eigenvalue weighted by atomic mass is 35.5. The van der Waals surface area contributed by atoms with Crippen molar-refractivity contribution in [1.82, 2.24) is 4.72 Å². The Hall–Kier alpha value is 0.160. The van der Waals surface area contributed by atoms with E-state index in [1.807, 2.05) is 6.92 Å². The zero-order valence-electron chi connectivity index (χ0n) is 9.11. The first-order chi connectivity index (χ1) is 6.53. The van der Waals surface area contributed by atoms with Crippen LogP contribution < -0.4 is 10.5 Å². The summed E-state index contributed by atoms with van der Waals surface area (Å²) in [7, 11) is -3.04. The van der Waals surface area contributed by atoms with E-state index in [9.17, 15) is 8.42 Å². The molecule has 0 spiro atoms. The van der Waals surface area contributed by atoms with Gasteiger partial charge in [-0.3, -0.25) is 0 Å². The molecular weight excluding hydrogens is 236 g/mol. The van der Waals surface area contributed by atoms with Crippen molar-refractivity contribution in [1.29, 1.82) is 0 Å². The van der Waals surface area contributed by atoms with Crippen molar-refractivity contribution in [3.63, 3.8) is 0 Å². The van der Waals surface area contributed by atoms with Crippen LogP contribution in [0.5, 0.6) is 0 Å². The van der Waals surface area contributed by atoms with Gasteiger partial charge in [-0.2, -0.15) is 0 Å². The fourth-order valence-electron chi connectivity index (χ4n) is 1.82. The van der Waals surface area contributed by atoms with E-state index in [4.69, 9.17) is 5.73 Å². The summed E-state index contributed by atoms with van der Waals surface area (Å²) in [5.41, 5.74) is 5.74. The van der Waals surface area contributed by atoms with Crippen LogP contribution in [0, 0.1) is 0 Å². The molecule has 1 saturated carbocycles. The summed E-state index contributed by atoms with van der Waals surface area (Å²) in [6.07, 6.45) is 4.29. The fraction of sp³-hybridized carbons (Fsp3) is 1.00. The van der Waals surface area contributed by atoms with E-state index < -0.39 is 10.0 Å². The molecule has 1 fully saturated rings. The Labute approximate surface area is 98.5 Å². The lowest BCUT2D eigenvalue weighted by molar-refractivity contribution is 0.373. The van der Waals surface area contributed by atoms with Gasteiger partial charge < -0.3 is 5.73 Å². The minimum Gasteiger partial charge on any atom is -0.328 e. The smallest absolute Gasteiger partial charge is 0.211 e. The van der Waals surface area contributed by atoms with Gasteiger partial charge >= 0.3 is 0 Å². The molecule has 0 aromatic rings. The van der Waals surface area contributed by atoms with Crippen LogP contribution in [0.2, 0.25) is 0 Å². The van der Waals surface area contributed by atoms with E-state index in [-0.39, 0.29) is 30.2 Å². The van der Waals surface area contributed by atoms with Crippen molar-refractivity contribution in [2.24, 2.45) is 5.73 Å². The summed E-state index contributed by atoms with van der Waals surface area (Å²) in [6, 6.07) is 0.383. The van der Waals surface area contributed by atoms with Crippen LogP contribution in [0.15, 0.2) is 0 Å². The first-order valence-corrected chi connectivity index (χ1v) is 6.94. The van der Waals surface area contributed by atoms with E-state index in [1.165, 1.54) is 0 Å². The molecule has 1 aliphatic carbocycles. The monoisotopic (exact) mass is 256 g/mol. The molecule has 6 heteroatoms. The maximum absolute atomic E-state index is 11.4. The topological polar surface area (TPSA) is 72.2 Å². The van der Waals surface area contributed by atoms with Crippen LogP contribution in [-0.4, -0.2) is 26.3 Å². The third-order valence-electron chi connectivity index (χ3n) is 2.59. The van der Waals surface area contributed by atoms with Gasteiger partial charge in [-0.25, -0.2) is 13.1 Å². The summed E-state index contributed by atoms with van der Waals surface area (Å²) >= 11 is 0. The van der Waals surface area contributed by atoms with E-state index in [0.29, 0.717) is 6.42 Å². The zero-order valence-corrected chi connectivity index (χ0v) is 10.7. The van der Waals surface area contributed by atoms with Crippen LogP contribution in [0.25, 0.3) is 0 Å². The molecule has 4 nitrogen and oxygen atoms in total. The second kappa shape index (κ2) is 6.68. The third-order valence-corrected chi connectivity index (χ3v) is 4.23. The molecule has 0 heterocycles. The van der Waals surface area contributed by atoms with Crippen LogP contribution in [0.4, 0.5) is 0 Å². The number of nitrogens with one attached hydrogen (secondary N) is 1. The summed E-state index contributed by atoms with van der Waals surface area (Å²) in [4.78, 5) is 0. The molecular formula is C9H21ClN2O2S. The minimum absolute atomic E-state index is 0. The molecule has 1 aliphatic rings. The van der Waals surface area contributed by atoms with E-state index >= 15 is 0 Å². The highest BCUT2D eigenvalue weighted by Gasteiger charge is 2.22. The maximum atomic E-state index is 11.4. The third kappa shape index (κ3) is 5.70. The highest BCUT2D eigenvalue weighted by molar-refractivity contribution is 7.89. The second-order valence-corrected chi connectivity index (χ2v) is 5.92. The Balaban J connectivity index is 0.00000196. The first kappa shape index (κ1) is 15.2. The predicted molar refractivity (Wildman–Crippen MR) is 64.7 cm³/mol. The van der Waals surface area contributed by atoms with Crippen molar-refractivity contribution < 1.29 is 8.42 Å². The maximum Gasteiger partial charge on any atom is 0.211 e. The highest BCUT2D eigenvalue weighted by Crippen LogP contribution is 2.17. The number of halogens is 1. The van der Waals surface area contributed by atoms with Gasteiger partial charge in [0.1, 0.15) is 0 Å². The van der Waals surface area contributed by atoms with Crippen molar-refractivity contribution >= 4 is 22.4 Å². The lowest BCUT2D eigenvalue weighted by Gasteiger charge is -2.26. The van der Waals surface area contributed by atoms with Crippen LogP contribution in [0.1, 0.15) is 39.0 Å². The molecule has 0 amide bonds. The average molecular weight is 257 g/mol. The van der Waals surface area contributed by atoms with E-state index in [1.54, 1.807) is 0 Å². The Morgan fingerprint density at radius 2 is 1.80 bits per heavy atom. The largest absolute Gasteiger partial charge is 0.328 e. The molecule has 0 saturated heterocycles. The van der Waals surface area contributed by atoms with Gasteiger partial charge in [0.2, 0.25) is 10.0 Å². The van der Waals surface area contributed by atoms with Crippen LogP contribution in [-0.2, 0) is 10.0 Å². The normalized spacial score (nSPS) is 27.1. The van der Waals surface area contributed by atoms with Gasteiger partial charge in [-0.05, 0) is 32.1 Å². The minimum atomic E-state index is -3.04. The van der Waals surface area contributed by atoms with Crippen LogP contribution >= 0.6 is 12.4 Å². The van der Waals surface area contributed by atoms with Gasteiger partial charge in [0.05, 0.1) is 5.75 Å². The molecule has 3 N–H and O–H groups in total. The van der Waals surface area contributed by atoms with Crippen molar-refractivity contribution in [2.45, 2.75) is 51.1 Å². The molecule has 1 rings (SSSR count). The summed E-state index contributed by atoms with van der Waals surface area (Å²) in [5, 5.41) is 0. The Kier molecular flexibility index (Phi) is 6.75. The Bertz CT molecular complexity index is 261. The fourth-order valence-corrected chi connectivity index (χ4v) is 3.22. The van der Waals surface area contributed by atoms with Crippen LogP contribution in [0.3, 0.4) is 0 Å². The first-order valence-electron chi connectivity index (χ1n) is 5.29. The SMILES string of the molecule is CCCS(=O)(=O)NC1CCC(N)CC1.Cl. The molecule has 0 aliphatic heterocycles. The van der Waals surface area contributed by atoms with Gasteiger partial charge in [0.25, 0.3) is 0 Å². The number of nitrogens with two attached hydrogens (primary N) is 1. The van der Waals surface area contributed by atoms with Gasteiger partial charge in [0, 0.05) is 12.1 Å². The van der Waals surface area contributed by atoms with E-state index in [0.717, 1.165) is 25.7 Å². The lowest BCUT2D eigenvalue weighted by atomic mass is 9.93. The quantitative estimate of drug-likeness (QED) is 0.789. The van der Waals surface area contributed by atoms with Crippen molar-refractivity contribution in [3.05, 3.63) is 0 Å². The van der Waals surface area contributed by atoms with E-state index in [2.05, 4.69) is 4.72 Å². The number of hydrogen-bond donors (Lipinski definition) is 2. The molecule has 0 aromatic heterocycles. The molecule has 92 valence electrons. The molecule has 0 aromatic carbocycles. The Morgan fingerprint density at radius 1 is 1.27 bits per heavy atom. The van der Waals surface area contributed by atoms with Gasteiger partial charge in [0.15, 0.2) is 0 Å². The van der Waals surface area contributed by atoms with Crippen molar-refractivity contribution in [3.8, 4) is 0 Å². The van der Waals surface area contributed by atoms with Gasteiger partial charge in [-0.1, -0.05) is 6.92 Å². The summed E-state index contributed by atoms with van der Waals surface area (Å²) in [6.45, 7) is 1.87. The standard InChI is InChI=1S/C9H20N2O2S.ClH/c1-2-7-14(12,13)11-9-5-3-8(10)4-6-9;/h8-9,11H,2-7,10H2,1H3;1H. The second-order valence-electron chi connectivity index (χ2n) is 4.05. The van der Waals surface area contributed by atoms with Gasteiger partial charge in [-0.15, -0.1) is 12.4 Å². The number of rotatable bonds is 4. The average Bonchev–Trinajstić information content (AvgIpc) is 2.08. The zero-order chi connectivity index (χ0) is 10.6. The Morgan fingerprint density at radius 3 is 2.27 bits per heavy atom.